The Labute approximate surface area is 175 Å². The van der Waals surface area contributed by atoms with Gasteiger partial charge in [0, 0.05) is 6.42 Å². The van der Waals surface area contributed by atoms with Crippen LogP contribution in [0.4, 0.5) is 0 Å². The van der Waals surface area contributed by atoms with Crippen molar-refractivity contribution in [1.29, 1.82) is 0 Å². The molecule has 0 radical (unpaired) electrons. The maximum atomic E-state index is 5.47. The molecule has 0 fully saturated rings. The highest BCUT2D eigenvalue weighted by atomic mass is 127. The predicted octanol–water partition coefficient (Wildman–Crippen LogP) is 1.79. The van der Waals surface area contributed by atoms with Crippen molar-refractivity contribution < 1.29 is 24.0 Å². The van der Waals surface area contributed by atoms with E-state index in [2.05, 4.69) is 96.9 Å². The van der Waals surface area contributed by atoms with E-state index in [1.807, 2.05) is 0 Å². The quantitative estimate of drug-likeness (QED) is 0.214. The molecule has 0 unspecified atom stereocenters. The van der Waals surface area contributed by atoms with Crippen LogP contribution in [0.5, 0.6) is 0 Å². The third-order valence-electron chi connectivity index (χ3n) is 4.66. The molecule has 0 bridgehead atoms. The van der Waals surface area contributed by atoms with Gasteiger partial charge in [-0.1, -0.05) is 54.6 Å². The molecule has 0 N–H and O–H groups in total. The zero-order valence-electron chi connectivity index (χ0n) is 14.9. The molecule has 0 aliphatic heterocycles. The number of halogens is 1. The van der Waals surface area contributed by atoms with Crippen LogP contribution < -0.4 is 39.9 Å². The molecule has 0 aliphatic rings. The molecule has 26 heavy (non-hydrogen) atoms. The highest BCUT2D eigenvalue weighted by molar-refractivity contribution is 7.95. The lowest BCUT2D eigenvalue weighted by atomic mass is 10.3. The van der Waals surface area contributed by atoms with Crippen LogP contribution in [0.3, 0.4) is 0 Å². The monoisotopic (exact) mass is 470 g/mol. The zero-order valence-corrected chi connectivity index (χ0v) is 17.9. The fourth-order valence-electron chi connectivity index (χ4n) is 3.46. The average molecular weight is 470 g/mol. The summed E-state index contributed by atoms with van der Waals surface area (Å²) in [7, 11) is -1.66. The molecule has 0 saturated carbocycles. The Morgan fingerprint density at radius 3 is 1.35 bits per heavy atom. The molecule has 0 spiro atoms. The lowest BCUT2D eigenvalue weighted by Crippen LogP contribution is -3.00. The first-order valence-corrected chi connectivity index (χ1v) is 10.8. The number of rotatable bonds is 7. The van der Waals surface area contributed by atoms with Gasteiger partial charge in [0.15, 0.2) is 0 Å². The van der Waals surface area contributed by atoms with Crippen molar-refractivity contribution in [3.8, 4) is 12.3 Å². The van der Waals surface area contributed by atoms with E-state index in [9.17, 15) is 0 Å². The van der Waals surface area contributed by atoms with E-state index in [0.717, 1.165) is 25.4 Å². The molecular formula is C24H24IP. The third-order valence-corrected chi connectivity index (χ3v) is 9.18. The van der Waals surface area contributed by atoms with Crippen LogP contribution in [0.25, 0.3) is 0 Å². The van der Waals surface area contributed by atoms with Gasteiger partial charge in [-0.2, -0.15) is 0 Å². The maximum Gasteiger partial charge on any atom is 0.112 e. The van der Waals surface area contributed by atoms with Crippen molar-refractivity contribution in [3.63, 3.8) is 0 Å². The van der Waals surface area contributed by atoms with Crippen molar-refractivity contribution in [3.05, 3.63) is 91.0 Å². The van der Waals surface area contributed by atoms with Gasteiger partial charge in [-0.3, -0.25) is 0 Å². The molecule has 3 rings (SSSR count). The molecule has 0 amide bonds. The second-order valence-corrected chi connectivity index (χ2v) is 9.82. The highest BCUT2D eigenvalue weighted by Gasteiger charge is 2.44. The average Bonchev–Trinajstić information content (AvgIpc) is 2.70. The summed E-state index contributed by atoms with van der Waals surface area (Å²) in [5, 5.41) is 4.36. The van der Waals surface area contributed by atoms with Gasteiger partial charge < -0.3 is 24.0 Å². The SMILES string of the molecule is C#CCCCC[P+](c1ccccc1)(c1ccccc1)c1ccccc1.[I-]. The minimum Gasteiger partial charge on any atom is -1.00 e. The van der Waals surface area contributed by atoms with E-state index in [4.69, 9.17) is 6.42 Å². The van der Waals surface area contributed by atoms with Gasteiger partial charge in [-0.25, -0.2) is 0 Å². The Morgan fingerprint density at radius 2 is 1.00 bits per heavy atom. The normalized spacial score (nSPS) is 10.6. The largest absolute Gasteiger partial charge is 1.00 e. The molecule has 0 aliphatic carbocycles. The Hall–Kier alpha value is -1.62. The Morgan fingerprint density at radius 1 is 0.615 bits per heavy atom. The van der Waals surface area contributed by atoms with Gasteiger partial charge in [0.1, 0.15) is 23.2 Å². The topological polar surface area (TPSA) is 0 Å². The van der Waals surface area contributed by atoms with Crippen molar-refractivity contribution in [1.82, 2.24) is 0 Å². The number of unbranched alkanes of at least 4 members (excludes halogenated alkanes) is 2. The van der Waals surface area contributed by atoms with Gasteiger partial charge in [0.25, 0.3) is 0 Å². The molecular weight excluding hydrogens is 446 g/mol. The fourth-order valence-corrected chi connectivity index (χ4v) is 7.87. The summed E-state index contributed by atoms with van der Waals surface area (Å²) in [6, 6.07) is 33.1. The van der Waals surface area contributed by atoms with E-state index in [1.165, 1.54) is 15.9 Å². The number of benzene rings is 3. The van der Waals surface area contributed by atoms with E-state index in [1.54, 1.807) is 0 Å². The standard InChI is InChI=1S/C24H24P.HI/c1-2-3-4-14-21-25(22-15-8-5-9-16-22,23-17-10-6-11-18-23)24-19-12-7-13-20-24;/h1,5-13,15-20H,3-4,14,21H2;1H/q+1;/p-1. The maximum absolute atomic E-state index is 5.47. The summed E-state index contributed by atoms with van der Waals surface area (Å²) in [6.07, 6.45) is 9.73. The number of hydrogen-bond acceptors (Lipinski definition) is 0. The summed E-state index contributed by atoms with van der Waals surface area (Å²) in [6.45, 7) is 0. The summed E-state index contributed by atoms with van der Waals surface area (Å²) >= 11 is 0. The second kappa shape index (κ2) is 10.5. The van der Waals surface area contributed by atoms with Crippen LogP contribution in [0.2, 0.25) is 0 Å². The first-order chi connectivity index (χ1) is 12.4. The molecule has 3 aromatic rings. The van der Waals surface area contributed by atoms with E-state index >= 15 is 0 Å². The molecule has 0 atom stereocenters. The van der Waals surface area contributed by atoms with Crippen molar-refractivity contribution in [2.45, 2.75) is 19.3 Å². The predicted molar refractivity (Wildman–Crippen MR) is 113 cm³/mol. The molecule has 0 aromatic heterocycles. The smallest absolute Gasteiger partial charge is 0.112 e. The Bertz CT molecular complexity index is 710. The number of hydrogen-bond donors (Lipinski definition) is 0. The summed E-state index contributed by atoms with van der Waals surface area (Å²) in [4.78, 5) is 0. The molecule has 0 heterocycles. The Kier molecular flexibility index (Phi) is 8.36. The fraction of sp³-hybridized carbons (Fsp3) is 0.167. The van der Waals surface area contributed by atoms with Crippen LogP contribution in [0.1, 0.15) is 19.3 Å². The van der Waals surface area contributed by atoms with Crippen LogP contribution in [0, 0.1) is 12.3 Å². The first kappa shape index (κ1) is 20.7. The first-order valence-electron chi connectivity index (χ1n) is 8.86. The van der Waals surface area contributed by atoms with Crippen LogP contribution in [0.15, 0.2) is 91.0 Å². The molecule has 2 heteroatoms. The summed E-state index contributed by atoms with van der Waals surface area (Å²) in [5.74, 6) is 2.79. The lowest BCUT2D eigenvalue weighted by molar-refractivity contribution is -0.00000488. The van der Waals surface area contributed by atoms with Gasteiger partial charge in [0.05, 0.1) is 6.16 Å². The van der Waals surface area contributed by atoms with E-state index in [0.29, 0.717) is 0 Å². The van der Waals surface area contributed by atoms with Crippen molar-refractivity contribution >= 4 is 23.2 Å². The summed E-state index contributed by atoms with van der Waals surface area (Å²) < 4.78 is 0. The number of terminal acetylenes is 1. The van der Waals surface area contributed by atoms with Gasteiger partial charge in [-0.05, 0) is 49.2 Å². The van der Waals surface area contributed by atoms with Crippen LogP contribution >= 0.6 is 7.26 Å². The minimum absolute atomic E-state index is 0. The Balaban J connectivity index is 0.00000243. The van der Waals surface area contributed by atoms with Gasteiger partial charge >= 0.3 is 0 Å². The third kappa shape index (κ3) is 4.56. The van der Waals surface area contributed by atoms with Crippen molar-refractivity contribution in [2.75, 3.05) is 6.16 Å². The van der Waals surface area contributed by atoms with Crippen LogP contribution in [-0.2, 0) is 0 Å². The van der Waals surface area contributed by atoms with E-state index < -0.39 is 7.26 Å². The van der Waals surface area contributed by atoms with Crippen LogP contribution in [-0.4, -0.2) is 6.16 Å². The highest BCUT2D eigenvalue weighted by Crippen LogP contribution is 2.55. The van der Waals surface area contributed by atoms with Gasteiger partial charge in [0.2, 0.25) is 0 Å². The molecule has 0 nitrogen and oxygen atoms in total. The lowest BCUT2D eigenvalue weighted by Gasteiger charge is -2.27. The second-order valence-electron chi connectivity index (χ2n) is 6.20. The molecule has 3 aromatic carbocycles. The van der Waals surface area contributed by atoms with Crippen molar-refractivity contribution in [2.24, 2.45) is 0 Å². The van der Waals surface area contributed by atoms with Gasteiger partial charge in [-0.15, -0.1) is 12.3 Å². The zero-order chi connectivity index (χ0) is 17.4. The summed E-state index contributed by atoms with van der Waals surface area (Å²) in [5.41, 5.74) is 0. The van der Waals surface area contributed by atoms with E-state index in [-0.39, 0.29) is 24.0 Å². The molecule has 0 saturated heterocycles. The molecule has 132 valence electrons. The minimum atomic E-state index is -1.66.